The van der Waals surface area contributed by atoms with E-state index in [4.69, 9.17) is 11.6 Å². The van der Waals surface area contributed by atoms with Crippen molar-refractivity contribution in [2.45, 2.75) is 20.4 Å². The highest BCUT2D eigenvalue weighted by atomic mass is 35.5. The van der Waals surface area contributed by atoms with Crippen LogP contribution in [0.5, 0.6) is 5.75 Å². The maximum Gasteiger partial charge on any atom is 0.253 e. The van der Waals surface area contributed by atoms with Crippen molar-refractivity contribution in [3.05, 3.63) is 63.7 Å². The molecule has 2 aromatic rings. The van der Waals surface area contributed by atoms with Gasteiger partial charge in [0.05, 0.1) is 0 Å². The number of benzene rings is 2. The molecule has 0 spiro atoms. The molecule has 1 saturated heterocycles. The predicted octanol–water partition coefficient (Wildman–Crippen LogP) is 3.62. The van der Waals surface area contributed by atoms with E-state index in [1.54, 1.807) is 24.3 Å². The van der Waals surface area contributed by atoms with Gasteiger partial charge in [-0.3, -0.25) is 9.69 Å². The van der Waals surface area contributed by atoms with Crippen LogP contribution in [-0.2, 0) is 6.54 Å². The summed E-state index contributed by atoms with van der Waals surface area (Å²) in [5.74, 6) is 0.396. The lowest BCUT2D eigenvalue weighted by Gasteiger charge is -2.35. The summed E-state index contributed by atoms with van der Waals surface area (Å²) in [6, 6.07) is 10.9. The lowest BCUT2D eigenvalue weighted by molar-refractivity contribution is 0.0627. The van der Waals surface area contributed by atoms with Gasteiger partial charge in [0.1, 0.15) is 5.75 Å². The quantitative estimate of drug-likeness (QED) is 0.911. The normalized spacial score (nSPS) is 15.4. The van der Waals surface area contributed by atoms with Crippen molar-refractivity contribution in [1.29, 1.82) is 0 Å². The average Bonchev–Trinajstić information content (AvgIpc) is 2.60. The third-order valence-corrected chi connectivity index (χ3v) is 5.09. The van der Waals surface area contributed by atoms with Crippen molar-refractivity contribution >= 4 is 17.5 Å². The number of phenols is 1. The van der Waals surface area contributed by atoms with Crippen LogP contribution < -0.4 is 0 Å². The summed E-state index contributed by atoms with van der Waals surface area (Å²) >= 11 is 5.88. The molecule has 0 aromatic heterocycles. The van der Waals surface area contributed by atoms with E-state index < -0.39 is 0 Å². The number of carbonyl (C=O) groups excluding carboxylic acids is 1. The summed E-state index contributed by atoms with van der Waals surface area (Å²) in [6.07, 6.45) is 0. The van der Waals surface area contributed by atoms with Gasteiger partial charge in [-0.25, -0.2) is 0 Å². The Kier molecular flexibility index (Phi) is 5.30. The zero-order chi connectivity index (χ0) is 18.0. The van der Waals surface area contributed by atoms with Crippen LogP contribution in [0.2, 0.25) is 5.02 Å². The van der Waals surface area contributed by atoms with E-state index in [0.717, 1.165) is 24.2 Å². The van der Waals surface area contributed by atoms with Crippen molar-refractivity contribution in [1.82, 2.24) is 9.80 Å². The van der Waals surface area contributed by atoms with Gasteiger partial charge in [0.25, 0.3) is 5.91 Å². The highest BCUT2D eigenvalue weighted by molar-refractivity contribution is 6.30. The van der Waals surface area contributed by atoms with Gasteiger partial charge >= 0.3 is 0 Å². The van der Waals surface area contributed by atoms with Crippen molar-refractivity contribution in [2.24, 2.45) is 0 Å². The number of piperazine rings is 1. The van der Waals surface area contributed by atoms with Gasteiger partial charge in [-0.15, -0.1) is 0 Å². The number of nitrogens with zero attached hydrogens (tertiary/aromatic N) is 2. The first-order valence-corrected chi connectivity index (χ1v) is 8.88. The van der Waals surface area contributed by atoms with Gasteiger partial charge in [-0.2, -0.15) is 0 Å². The van der Waals surface area contributed by atoms with Gasteiger partial charge in [0, 0.05) is 48.9 Å². The number of aromatic hydroxyl groups is 1. The molecule has 0 radical (unpaired) electrons. The minimum atomic E-state index is 0.0466. The second kappa shape index (κ2) is 7.46. The number of hydrogen-bond acceptors (Lipinski definition) is 3. The van der Waals surface area contributed by atoms with E-state index in [0.29, 0.717) is 36.0 Å². The molecule has 0 bridgehead atoms. The third-order valence-electron chi connectivity index (χ3n) is 4.84. The number of rotatable bonds is 3. The minimum absolute atomic E-state index is 0.0466. The Morgan fingerprint density at radius 1 is 1.04 bits per heavy atom. The predicted molar refractivity (Wildman–Crippen MR) is 100 cm³/mol. The largest absolute Gasteiger partial charge is 0.508 e. The molecule has 3 rings (SSSR count). The summed E-state index contributed by atoms with van der Waals surface area (Å²) in [5, 5.41) is 10.8. The molecular formula is C20H23ClN2O2. The fourth-order valence-electron chi connectivity index (χ4n) is 3.11. The van der Waals surface area contributed by atoms with Gasteiger partial charge in [0.2, 0.25) is 0 Å². The monoisotopic (exact) mass is 358 g/mol. The standard InChI is InChI=1S/C20H23ClN2O2/c1-14-11-17(19(24)12-15(14)2)13-22-7-9-23(10-8-22)20(25)16-3-5-18(21)6-4-16/h3-6,11-12,24H,7-10,13H2,1-2H3. The topological polar surface area (TPSA) is 43.8 Å². The molecule has 0 atom stereocenters. The Hall–Kier alpha value is -2.04. The first kappa shape index (κ1) is 17.8. The van der Waals surface area contributed by atoms with E-state index in [1.807, 2.05) is 17.9 Å². The number of amides is 1. The van der Waals surface area contributed by atoms with Crippen molar-refractivity contribution in [2.75, 3.05) is 26.2 Å². The summed E-state index contributed by atoms with van der Waals surface area (Å²) in [6.45, 7) is 7.73. The van der Waals surface area contributed by atoms with Crippen molar-refractivity contribution in [3.8, 4) is 5.75 Å². The molecule has 1 aliphatic rings. The van der Waals surface area contributed by atoms with Crippen LogP contribution >= 0.6 is 11.6 Å². The lowest BCUT2D eigenvalue weighted by Crippen LogP contribution is -2.48. The Morgan fingerprint density at radius 2 is 1.64 bits per heavy atom. The number of hydrogen-bond donors (Lipinski definition) is 1. The maximum atomic E-state index is 12.5. The molecule has 0 aliphatic carbocycles. The third kappa shape index (κ3) is 4.14. The van der Waals surface area contributed by atoms with Crippen LogP contribution in [0.15, 0.2) is 36.4 Å². The van der Waals surface area contributed by atoms with Crippen molar-refractivity contribution in [3.63, 3.8) is 0 Å². The Morgan fingerprint density at radius 3 is 2.28 bits per heavy atom. The van der Waals surface area contributed by atoms with Crippen LogP contribution in [-0.4, -0.2) is 47.0 Å². The van der Waals surface area contributed by atoms with Crippen LogP contribution in [0.3, 0.4) is 0 Å². The average molecular weight is 359 g/mol. The van der Waals surface area contributed by atoms with Gasteiger partial charge in [-0.05, 0) is 55.3 Å². The first-order chi connectivity index (χ1) is 11.9. The molecule has 132 valence electrons. The minimum Gasteiger partial charge on any atom is -0.508 e. The molecular weight excluding hydrogens is 336 g/mol. The highest BCUT2D eigenvalue weighted by Gasteiger charge is 2.22. The van der Waals surface area contributed by atoms with Gasteiger partial charge in [-0.1, -0.05) is 17.7 Å². The van der Waals surface area contributed by atoms with Crippen LogP contribution in [0.1, 0.15) is 27.0 Å². The van der Waals surface area contributed by atoms with E-state index in [2.05, 4.69) is 17.9 Å². The summed E-state index contributed by atoms with van der Waals surface area (Å²) in [7, 11) is 0. The van der Waals surface area contributed by atoms with E-state index in [9.17, 15) is 9.90 Å². The van der Waals surface area contributed by atoms with Crippen LogP contribution in [0, 0.1) is 13.8 Å². The number of phenolic OH excluding ortho intramolecular Hbond substituents is 1. The molecule has 0 saturated carbocycles. The Balaban J connectivity index is 1.59. The number of carbonyl (C=O) groups is 1. The SMILES string of the molecule is Cc1cc(O)c(CN2CCN(C(=O)c3ccc(Cl)cc3)CC2)cc1C. The van der Waals surface area contributed by atoms with E-state index >= 15 is 0 Å². The Bertz CT molecular complexity index is 766. The molecule has 0 unspecified atom stereocenters. The second-order valence-electron chi connectivity index (χ2n) is 6.64. The molecule has 1 amide bonds. The van der Waals surface area contributed by atoms with Crippen LogP contribution in [0.4, 0.5) is 0 Å². The fraction of sp³-hybridized carbons (Fsp3) is 0.350. The van der Waals surface area contributed by atoms with Crippen molar-refractivity contribution < 1.29 is 9.90 Å². The molecule has 1 aliphatic heterocycles. The first-order valence-electron chi connectivity index (χ1n) is 8.50. The zero-order valence-electron chi connectivity index (χ0n) is 14.6. The molecule has 1 fully saturated rings. The van der Waals surface area contributed by atoms with Gasteiger partial charge < -0.3 is 10.0 Å². The number of aryl methyl sites for hydroxylation is 2. The summed E-state index contributed by atoms with van der Waals surface area (Å²) in [5.41, 5.74) is 3.90. The molecule has 4 nitrogen and oxygen atoms in total. The highest BCUT2D eigenvalue weighted by Crippen LogP contribution is 2.24. The molecule has 1 heterocycles. The lowest BCUT2D eigenvalue weighted by atomic mass is 10.0. The molecule has 5 heteroatoms. The summed E-state index contributed by atoms with van der Waals surface area (Å²) < 4.78 is 0. The van der Waals surface area contributed by atoms with Gasteiger partial charge in [0.15, 0.2) is 0 Å². The molecule has 1 N–H and O–H groups in total. The zero-order valence-corrected chi connectivity index (χ0v) is 15.4. The fourth-order valence-corrected chi connectivity index (χ4v) is 3.24. The van der Waals surface area contributed by atoms with E-state index in [1.165, 1.54) is 5.56 Å². The van der Waals surface area contributed by atoms with Crippen LogP contribution in [0.25, 0.3) is 0 Å². The molecule has 25 heavy (non-hydrogen) atoms. The smallest absolute Gasteiger partial charge is 0.253 e. The molecule has 2 aromatic carbocycles. The second-order valence-corrected chi connectivity index (χ2v) is 7.08. The maximum absolute atomic E-state index is 12.5. The Labute approximate surface area is 153 Å². The summed E-state index contributed by atoms with van der Waals surface area (Å²) in [4.78, 5) is 16.7. The number of halogens is 1. The van der Waals surface area contributed by atoms with E-state index in [-0.39, 0.29) is 5.91 Å².